The minimum absolute atomic E-state index is 0.123. The molecule has 0 heterocycles. The van der Waals surface area contributed by atoms with Crippen molar-refractivity contribution in [3.63, 3.8) is 0 Å². The van der Waals surface area contributed by atoms with Crippen molar-refractivity contribution in [1.82, 2.24) is 0 Å². The molecule has 4 heteroatoms. The molecule has 0 aromatic heterocycles. The van der Waals surface area contributed by atoms with Gasteiger partial charge in [-0.2, -0.15) is 0 Å². The Kier molecular flexibility index (Phi) is 5.05. The summed E-state index contributed by atoms with van der Waals surface area (Å²) in [5.41, 5.74) is 2.75. The van der Waals surface area contributed by atoms with E-state index in [-0.39, 0.29) is 5.78 Å². The Balaban J connectivity index is 1.87. The number of Topliss-reactive ketones (excluding diaryl/α,β-unsaturated/α-hetero) is 1. The zero-order valence-electron chi connectivity index (χ0n) is 11.1. The van der Waals surface area contributed by atoms with Crippen molar-refractivity contribution in [3.05, 3.63) is 63.6 Å². The number of aryl methyl sites for hydroxylation is 1. The van der Waals surface area contributed by atoms with Gasteiger partial charge in [0.1, 0.15) is 0 Å². The average molecular weight is 308 g/mol. The molecule has 0 aliphatic carbocycles. The highest BCUT2D eigenvalue weighted by atomic mass is 35.5. The summed E-state index contributed by atoms with van der Waals surface area (Å²) in [6, 6.07) is 12.9. The van der Waals surface area contributed by atoms with Gasteiger partial charge in [-0.15, -0.1) is 0 Å². The summed E-state index contributed by atoms with van der Waals surface area (Å²) < 4.78 is 0. The van der Waals surface area contributed by atoms with Gasteiger partial charge < -0.3 is 5.32 Å². The fourth-order valence-electron chi connectivity index (χ4n) is 1.81. The Morgan fingerprint density at radius 3 is 2.40 bits per heavy atom. The number of hydrogen-bond acceptors (Lipinski definition) is 2. The van der Waals surface area contributed by atoms with Crippen LogP contribution >= 0.6 is 23.2 Å². The fraction of sp³-hybridized carbons (Fsp3) is 0.188. The number of anilines is 1. The van der Waals surface area contributed by atoms with Crippen molar-refractivity contribution in [3.8, 4) is 0 Å². The summed E-state index contributed by atoms with van der Waals surface area (Å²) in [6.07, 6.45) is 0.434. The lowest BCUT2D eigenvalue weighted by atomic mass is 10.1. The summed E-state index contributed by atoms with van der Waals surface area (Å²) in [7, 11) is 0. The van der Waals surface area contributed by atoms with Crippen molar-refractivity contribution in [1.29, 1.82) is 0 Å². The quantitative estimate of drug-likeness (QED) is 0.789. The molecule has 0 saturated carbocycles. The largest absolute Gasteiger partial charge is 0.385 e. The highest BCUT2D eigenvalue weighted by Gasteiger charge is 2.05. The Labute approximate surface area is 128 Å². The number of rotatable bonds is 5. The second-order valence-corrected chi connectivity index (χ2v) is 5.41. The predicted molar refractivity (Wildman–Crippen MR) is 85.1 cm³/mol. The van der Waals surface area contributed by atoms with Gasteiger partial charge in [0.25, 0.3) is 0 Å². The van der Waals surface area contributed by atoms with Gasteiger partial charge in [-0.3, -0.25) is 4.79 Å². The molecular formula is C16H15Cl2NO. The Bertz CT molecular complexity index is 608. The minimum Gasteiger partial charge on any atom is -0.385 e. The van der Waals surface area contributed by atoms with Crippen LogP contribution in [0.25, 0.3) is 0 Å². The summed E-state index contributed by atoms with van der Waals surface area (Å²) >= 11 is 11.8. The van der Waals surface area contributed by atoms with Crippen LogP contribution in [0.4, 0.5) is 5.69 Å². The first-order chi connectivity index (χ1) is 9.56. The third-order valence-corrected chi connectivity index (χ3v) is 3.71. The van der Waals surface area contributed by atoms with Gasteiger partial charge >= 0.3 is 0 Å². The van der Waals surface area contributed by atoms with E-state index in [9.17, 15) is 4.79 Å². The lowest BCUT2D eigenvalue weighted by Crippen LogP contribution is -2.08. The maximum Gasteiger partial charge on any atom is 0.164 e. The summed E-state index contributed by atoms with van der Waals surface area (Å²) in [5, 5.41) is 4.18. The van der Waals surface area contributed by atoms with Crippen LogP contribution in [-0.4, -0.2) is 12.3 Å². The maximum absolute atomic E-state index is 12.0. The molecule has 0 aliphatic heterocycles. The van der Waals surface area contributed by atoms with Crippen LogP contribution in [-0.2, 0) is 0 Å². The first-order valence-corrected chi connectivity index (χ1v) is 7.10. The third kappa shape index (κ3) is 3.99. The Morgan fingerprint density at radius 2 is 1.75 bits per heavy atom. The number of carbonyl (C=O) groups is 1. The molecule has 0 unspecified atom stereocenters. The molecule has 2 aromatic carbocycles. The standard InChI is InChI=1S/C16H15Cl2NO/c1-11-2-4-12(5-3-11)16(20)8-9-19-13-6-7-14(17)15(18)10-13/h2-7,10,19H,8-9H2,1H3. The molecular weight excluding hydrogens is 293 g/mol. The maximum atomic E-state index is 12.0. The average Bonchev–Trinajstić information content (AvgIpc) is 2.43. The van der Waals surface area contributed by atoms with Gasteiger partial charge in [0.15, 0.2) is 5.78 Å². The number of halogens is 2. The number of benzene rings is 2. The van der Waals surface area contributed by atoms with Crippen LogP contribution < -0.4 is 5.32 Å². The van der Waals surface area contributed by atoms with E-state index in [1.54, 1.807) is 12.1 Å². The third-order valence-electron chi connectivity index (χ3n) is 2.97. The van der Waals surface area contributed by atoms with Gasteiger partial charge in [-0.1, -0.05) is 53.0 Å². The second-order valence-electron chi connectivity index (χ2n) is 4.59. The van der Waals surface area contributed by atoms with E-state index in [0.717, 1.165) is 16.8 Å². The van der Waals surface area contributed by atoms with E-state index >= 15 is 0 Å². The first-order valence-electron chi connectivity index (χ1n) is 6.35. The van der Waals surface area contributed by atoms with E-state index in [0.29, 0.717) is 23.0 Å². The van der Waals surface area contributed by atoms with Gasteiger partial charge in [-0.05, 0) is 25.1 Å². The van der Waals surface area contributed by atoms with Gasteiger partial charge in [0.05, 0.1) is 10.0 Å². The zero-order valence-corrected chi connectivity index (χ0v) is 12.6. The van der Waals surface area contributed by atoms with Crippen molar-refractivity contribution < 1.29 is 4.79 Å². The molecule has 20 heavy (non-hydrogen) atoms. The molecule has 0 amide bonds. The number of ketones is 1. The monoisotopic (exact) mass is 307 g/mol. The van der Waals surface area contributed by atoms with Crippen LogP contribution in [0.2, 0.25) is 10.0 Å². The van der Waals surface area contributed by atoms with E-state index in [2.05, 4.69) is 5.32 Å². The molecule has 2 nitrogen and oxygen atoms in total. The first kappa shape index (κ1) is 14.9. The van der Waals surface area contributed by atoms with Crippen LogP contribution in [0.5, 0.6) is 0 Å². The highest BCUT2D eigenvalue weighted by molar-refractivity contribution is 6.42. The van der Waals surface area contributed by atoms with Crippen molar-refractivity contribution in [2.75, 3.05) is 11.9 Å². The van der Waals surface area contributed by atoms with Gasteiger partial charge in [0.2, 0.25) is 0 Å². The molecule has 0 bridgehead atoms. The Morgan fingerprint density at radius 1 is 1.05 bits per heavy atom. The number of carbonyl (C=O) groups excluding carboxylic acids is 1. The molecule has 1 N–H and O–H groups in total. The smallest absolute Gasteiger partial charge is 0.164 e. The zero-order chi connectivity index (χ0) is 14.5. The normalized spacial score (nSPS) is 10.3. The Hall–Kier alpha value is -1.51. The second kappa shape index (κ2) is 6.78. The van der Waals surface area contributed by atoms with Crippen LogP contribution in [0, 0.1) is 6.92 Å². The fourth-order valence-corrected chi connectivity index (χ4v) is 2.11. The SMILES string of the molecule is Cc1ccc(C(=O)CCNc2ccc(Cl)c(Cl)c2)cc1. The number of hydrogen-bond donors (Lipinski definition) is 1. The van der Waals surface area contributed by atoms with Crippen molar-refractivity contribution >= 4 is 34.7 Å². The van der Waals surface area contributed by atoms with Crippen LogP contribution in [0.15, 0.2) is 42.5 Å². The van der Waals surface area contributed by atoms with Crippen LogP contribution in [0.3, 0.4) is 0 Å². The van der Waals surface area contributed by atoms with Gasteiger partial charge in [-0.25, -0.2) is 0 Å². The topological polar surface area (TPSA) is 29.1 Å². The van der Waals surface area contributed by atoms with Gasteiger partial charge in [0, 0.05) is 24.2 Å². The van der Waals surface area contributed by atoms with E-state index in [1.165, 1.54) is 0 Å². The molecule has 0 radical (unpaired) electrons. The molecule has 0 saturated heterocycles. The summed E-state index contributed by atoms with van der Waals surface area (Å²) in [6.45, 7) is 2.56. The molecule has 0 aliphatic rings. The number of nitrogens with one attached hydrogen (secondary N) is 1. The van der Waals surface area contributed by atoms with Crippen molar-refractivity contribution in [2.24, 2.45) is 0 Å². The minimum atomic E-state index is 0.123. The highest BCUT2D eigenvalue weighted by Crippen LogP contribution is 2.24. The molecule has 0 atom stereocenters. The van der Waals surface area contributed by atoms with E-state index in [1.807, 2.05) is 37.3 Å². The lowest BCUT2D eigenvalue weighted by Gasteiger charge is -2.07. The predicted octanol–water partition coefficient (Wildman–Crippen LogP) is 4.99. The molecule has 0 fully saturated rings. The molecule has 0 spiro atoms. The van der Waals surface area contributed by atoms with Crippen molar-refractivity contribution in [2.45, 2.75) is 13.3 Å². The molecule has 104 valence electrons. The molecule has 2 aromatic rings. The van der Waals surface area contributed by atoms with E-state index < -0.39 is 0 Å². The summed E-state index contributed by atoms with van der Waals surface area (Å²) in [5.74, 6) is 0.123. The summed E-state index contributed by atoms with van der Waals surface area (Å²) in [4.78, 5) is 12.0. The molecule has 2 rings (SSSR count). The lowest BCUT2D eigenvalue weighted by molar-refractivity contribution is 0.0986. The van der Waals surface area contributed by atoms with E-state index in [4.69, 9.17) is 23.2 Å². The van der Waals surface area contributed by atoms with Crippen LogP contribution in [0.1, 0.15) is 22.3 Å².